The van der Waals surface area contributed by atoms with Crippen molar-refractivity contribution in [3.05, 3.63) is 95.3 Å². The summed E-state index contributed by atoms with van der Waals surface area (Å²) in [6, 6.07) is 20.6. The van der Waals surface area contributed by atoms with Gasteiger partial charge in [-0.25, -0.2) is 0 Å². The molecule has 4 rings (SSSR count). The normalized spacial score (nSPS) is 16.4. The highest BCUT2D eigenvalue weighted by atomic mass is 16.2. The lowest BCUT2D eigenvalue weighted by molar-refractivity contribution is -0.122. The number of nitrogens with one attached hydrogen (secondary N) is 1. The van der Waals surface area contributed by atoms with Crippen molar-refractivity contribution in [3.8, 4) is 0 Å². The van der Waals surface area contributed by atoms with E-state index in [1.54, 1.807) is 23.2 Å². The van der Waals surface area contributed by atoms with Gasteiger partial charge in [-0.2, -0.15) is 0 Å². The zero-order valence-corrected chi connectivity index (χ0v) is 16.5. The van der Waals surface area contributed by atoms with Gasteiger partial charge in [-0.3, -0.25) is 19.5 Å². The summed E-state index contributed by atoms with van der Waals surface area (Å²) < 4.78 is 0. The third-order valence-corrected chi connectivity index (χ3v) is 5.28. The van der Waals surface area contributed by atoms with Crippen LogP contribution in [0.25, 0.3) is 0 Å². The molecular formula is C24H23N3O2. The van der Waals surface area contributed by atoms with E-state index in [-0.39, 0.29) is 24.3 Å². The van der Waals surface area contributed by atoms with Crippen LogP contribution in [0.1, 0.15) is 52.6 Å². The van der Waals surface area contributed by atoms with Crippen LogP contribution in [-0.2, 0) is 4.79 Å². The van der Waals surface area contributed by atoms with E-state index in [2.05, 4.69) is 10.3 Å². The van der Waals surface area contributed by atoms with Crippen LogP contribution >= 0.6 is 0 Å². The highest BCUT2D eigenvalue weighted by molar-refractivity contribution is 6.11. The molecule has 146 valence electrons. The summed E-state index contributed by atoms with van der Waals surface area (Å²) in [4.78, 5) is 32.0. The largest absolute Gasteiger partial charge is 0.350 e. The minimum atomic E-state index is -0.427. The Kier molecular flexibility index (Phi) is 5.12. The predicted octanol–water partition coefficient (Wildman–Crippen LogP) is 4.36. The van der Waals surface area contributed by atoms with Gasteiger partial charge in [-0.1, -0.05) is 48.0 Å². The van der Waals surface area contributed by atoms with Gasteiger partial charge in [0.1, 0.15) is 0 Å². The maximum absolute atomic E-state index is 13.1. The van der Waals surface area contributed by atoms with Crippen molar-refractivity contribution in [2.75, 3.05) is 4.90 Å². The van der Waals surface area contributed by atoms with Crippen molar-refractivity contribution in [3.63, 3.8) is 0 Å². The van der Waals surface area contributed by atoms with Crippen molar-refractivity contribution in [2.45, 2.75) is 32.4 Å². The summed E-state index contributed by atoms with van der Waals surface area (Å²) in [7, 11) is 0. The average molecular weight is 385 g/mol. The van der Waals surface area contributed by atoms with Gasteiger partial charge in [0, 0.05) is 11.9 Å². The summed E-state index contributed by atoms with van der Waals surface area (Å²) >= 11 is 0. The Balaban J connectivity index is 1.59. The SMILES string of the molecule is Cc1ccc(N2C(=O)c3cccnc3[C@@H]2CC(=O)N[C@H](C)c2ccccc2)cc1. The molecule has 3 aromatic rings. The summed E-state index contributed by atoms with van der Waals surface area (Å²) in [5.41, 5.74) is 4.13. The van der Waals surface area contributed by atoms with Gasteiger partial charge < -0.3 is 5.32 Å². The van der Waals surface area contributed by atoms with Crippen molar-refractivity contribution >= 4 is 17.5 Å². The summed E-state index contributed by atoms with van der Waals surface area (Å²) in [6.07, 6.45) is 1.82. The molecule has 2 atom stereocenters. The van der Waals surface area contributed by atoms with E-state index < -0.39 is 6.04 Å². The molecule has 29 heavy (non-hydrogen) atoms. The third-order valence-electron chi connectivity index (χ3n) is 5.28. The number of carbonyl (C=O) groups excluding carboxylic acids is 2. The van der Waals surface area contributed by atoms with Gasteiger partial charge in [0.05, 0.1) is 29.8 Å². The number of benzene rings is 2. The quantitative estimate of drug-likeness (QED) is 0.710. The van der Waals surface area contributed by atoms with Gasteiger partial charge in [-0.05, 0) is 43.7 Å². The van der Waals surface area contributed by atoms with Crippen molar-refractivity contribution in [2.24, 2.45) is 0 Å². The molecule has 0 aliphatic carbocycles. The van der Waals surface area contributed by atoms with E-state index in [0.29, 0.717) is 11.3 Å². The fourth-order valence-electron chi connectivity index (χ4n) is 3.75. The van der Waals surface area contributed by atoms with Crippen LogP contribution in [0, 0.1) is 6.92 Å². The van der Waals surface area contributed by atoms with Gasteiger partial charge in [0.25, 0.3) is 5.91 Å². The molecule has 0 unspecified atom stereocenters. The fraction of sp³-hybridized carbons (Fsp3) is 0.208. The van der Waals surface area contributed by atoms with Crippen LogP contribution in [0.2, 0.25) is 0 Å². The van der Waals surface area contributed by atoms with E-state index >= 15 is 0 Å². The molecule has 1 aromatic heterocycles. The fourth-order valence-corrected chi connectivity index (χ4v) is 3.75. The number of pyridine rings is 1. The third kappa shape index (κ3) is 3.76. The van der Waals surface area contributed by atoms with Crippen molar-refractivity contribution < 1.29 is 9.59 Å². The van der Waals surface area contributed by atoms with Gasteiger partial charge in [-0.15, -0.1) is 0 Å². The number of rotatable bonds is 5. The van der Waals surface area contributed by atoms with Gasteiger partial charge in [0.2, 0.25) is 5.91 Å². The van der Waals surface area contributed by atoms with Crippen LogP contribution in [-0.4, -0.2) is 16.8 Å². The Morgan fingerprint density at radius 3 is 2.52 bits per heavy atom. The summed E-state index contributed by atoms with van der Waals surface area (Å²) in [6.45, 7) is 3.96. The topological polar surface area (TPSA) is 62.3 Å². The molecule has 1 aliphatic heterocycles. The second-order valence-corrected chi connectivity index (χ2v) is 7.37. The molecule has 0 bridgehead atoms. The smallest absolute Gasteiger partial charge is 0.260 e. The second kappa shape index (κ2) is 7.87. The number of nitrogens with zero attached hydrogens (tertiary/aromatic N) is 2. The Labute approximate surface area is 170 Å². The van der Waals surface area contributed by atoms with Crippen LogP contribution in [0.3, 0.4) is 0 Å². The Hall–Kier alpha value is -3.47. The molecule has 1 N–H and O–H groups in total. The van der Waals surface area contributed by atoms with E-state index in [1.165, 1.54) is 0 Å². The lowest BCUT2D eigenvalue weighted by Crippen LogP contribution is -2.34. The number of amides is 2. The first-order chi connectivity index (χ1) is 14.0. The van der Waals surface area contributed by atoms with E-state index in [0.717, 1.165) is 16.8 Å². The first-order valence-corrected chi connectivity index (χ1v) is 9.74. The first-order valence-electron chi connectivity index (χ1n) is 9.74. The zero-order valence-electron chi connectivity index (χ0n) is 16.5. The van der Waals surface area contributed by atoms with Gasteiger partial charge >= 0.3 is 0 Å². The minimum Gasteiger partial charge on any atom is -0.350 e. The first kappa shape index (κ1) is 18.9. The Morgan fingerprint density at radius 2 is 1.79 bits per heavy atom. The number of aryl methyl sites for hydroxylation is 1. The number of carbonyl (C=O) groups is 2. The number of anilines is 1. The molecule has 2 heterocycles. The number of aromatic nitrogens is 1. The second-order valence-electron chi connectivity index (χ2n) is 7.37. The standard InChI is InChI=1S/C24H23N3O2/c1-16-10-12-19(13-11-16)27-21(23-20(24(27)29)9-6-14-25-23)15-22(28)26-17(2)18-7-4-3-5-8-18/h3-14,17,21H,15H2,1-2H3,(H,26,28)/t17-,21+/m1/s1. The molecule has 0 saturated carbocycles. The van der Waals surface area contributed by atoms with E-state index in [9.17, 15) is 9.59 Å². The zero-order chi connectivity index (χ0) is 20.4. The lowest BCUT2D eigenvalue weighted by atomic mass is 10.1. The van der Waals surface area contributed by atoms with Gasteiger partial charge in [0.15, 0.2) is 0 Å². The van der Waals surface area contributed by atoms with Crippen LogP contribution in [0.15, 0.2) is 72.9 Å². The lowest BCUT2D eigenvalue weighted by Gasteiger charge is -2.25. The molecule has 5 nitrogen and oxygen atoms in total. The van der Waals surface area contributed by atoms with Crippen molar-refractivity contribution in [1.29, 1.82) is 0 Å². The molecule has 0 saturated heterocycles. The highest BCUT2D eigenvalue weighted by Gasteiger charge is 2.40. The number of fused-ring (bicyclic) bond motifs is 1. The summed E-state index contributed by atoms with van der Waals surface area (Å²) in [5, 5.41) is 3.05. The van der Waals surface area contributed by atoms with Crippen LogP contribution in [0.5, 0.6) is 0 Å². The highest BCUT2D eigenvalue weighted by Crippen LogP contribution is 2.38. The average Bonchev–Trinajstić information content (AvgIpc) is 3.01. The number of hydrogen-bond donors (Lipinski definition) is 1. The molecule has 0 radical (unpaired) electrons. The Bertz CT molecular complexity index is 1030. The van der Waals surface area contributed by atoms with Crippen LogP contribution < -0.4 is 10.2 Å². The molecular weight excluding hydrogens is 362 g/mol. The molecule has 5 heteroatoms. The molecule has 2 amide bonds. The molecule has 0 fully saturated rings. The maximum Gasteiger partial charge on any atom is 0.260 e. The van der Waals surface area contributed by atoms with E-state index in [4.69, 9.17) is 0 Å². The minimum absolute atomic E-state index is 0.114. The van der Waals surface area contributed by atoms with Crippen LogP contribution in [0.4, 0.5) is 5.69 Å². The Morgan fingerprint density at radius 1 is 1.07 bits per heavy atom. The summed E-state index contributed by atoms with van der Waals surface area (Å²) in [5.74, 6) is -0.236. The maximum atomic E-state index is 13.1. The van der Waals surface area contributed by atoms with Crippen molar-refractivity contribution in [1.82, 2.24) is 10.3 Å². The molecule has 0 spiro atoms. The molecule has 1 aliphatic rings. The molecule has 2 aromatic carbocycles. The monoisotopic (exact) mass is 385 g/mol. The predicted molar refractivity (Wildman–Crippen MR) is 113 cm³/mol. The number of hydrogen-bond acceptors (Lipinski definition) is 3. The van der Waals surface area contributed by atoms with E-state index in [1.807, 2.05) is 68.4 Å².